The summed E-state index contributed by atoms with van der Waals surface area (Å²) < 4.78 is 3.85. The number of nitrogens with zero attached hydrogens (tertiary/aromatic N) is 1. The van der Waals surface area contributed by atoms with Crippen LogP contribution in [0.2, 0.25) is 11.8 Å². The summed E-state index contributed by atoms with van der Waals surface area (Å²) in [5, 5.41) is 0. The van der Waals surface area contributed by atoms with E-state index in [1.807, 2.05) is 14.1 Å². The summed E-state index contributed by atoms with van der Waals surface area (Å²) in [5.41, 5.74) is 0. The van der Waals surface area contributed by atoms with E-state index in [4.69, 9.17) is 0 Å². The SMILES string of the molecule is CCCCCC[CH](C)[Sn+]([CH](C)CCCCCC)[CH](C)CCCCCC.CN(C)C(=S)[S-]. The van der Waals surface area contributed by atoms with Gasteiger partial charge in [0.15, 0.2) is 0 Å². The Morgan fingerprint density at radius 3 is 1.10 bits per heavy atom. The minimum absolute atomic E-state index is 0.509. The number of hydrogen-bond acceptors (Lipinski definition) is 2. The van der Waals surface area contributed by atoms with E-state index in [2.05, 4.69) is 66.4 Å². The Labute approximate surface area is 216 Å². The fraction of sp³-hybridized carbons (Fsp3) is 0.963. The molecule has 0 N–H and O–H groups in total. The Kier molecular flexibility index (Phi) is 26.4. The molecular formula is C27H57NS2Sn. The molecule has 0 saturated carbocycles. The minimum atomic E-state index is -1.34. The molecule has 0 aromatic rings. The van der Waals surface area contributed by atoms with Crippen molar-refractivity contribution in [3.63, 3.8) is 0 Å². The Balaban J connectivity index is 0. The first-order valence-electron chi connectivity index (χ1n) is 13.5. The first kappa shape index (κ1) is 34.1. The molecule has 0 aliphatic carbocycles. The van der Waals surface area contributed by atoms with Gasteiger partial charge in [-0.25, -0.2) is 0 Å². The molecule has 0 saturated heterocycles. The summed E-state index contributed by atoms with van der Waals surface area (Å²) in [6.07, 6.45) is 22.1. The molecule has 0 fully saturated rings. The van der Waals surface area contributed by atoms with Gasteiger partial charge in [-0.2, -0.15) is 0 Å². The van der Waals surface area contributed by atoms with Crippen molar-refractivity contribution >= 4 is 48.9 Å². The third-order valence-corrected chi connectivity index (χ3v) is 19.5. The van der Waals surface area contributed by atoms with Crippen LogP contribution in [0.5, 0.6) is 0 Å². The van der Waals surface area contributed by atoms with E-state index >= 15 is 0 Å². The molecule has 1 nitrogen and oxygen atoms in total. The van der Waals surface area contributed by atoms with Gasteiger partial charge in [-0.1, -0.05) is 4.32 Å². The van der Waals surface area contributed by atoms with Crippen LogP contribution in [-0.4, -0.2) is 43.1 Å². The Morgan fingerprint density at radius 2 is 0.903 bits per heavy atom. The van der Waals surface area contributed by atoms with E-state index in [0.29, 0.717) is 4.32 Å². The maximum absolute atomic E-state index is 4.56. The molecule has 0 spiro atoms. The molecule has 0 aliphatic rings. The van der Waals surface area contributed by atoms with Crippen LogP contribution in [0.3, 0.4) is 0 Å². The number of rotatable bonds is 18. The van der Waals surface area contributed by atoms with Crippen molar-refractivity contribution in [1.29, 1.82) is 0 Å². The van der Waals surface area contributed by atoms with Crippen molar-refractivity contribution in [2.24, 2.45) is 0 Å². The average Bonchev–Trinajstić information content (AvgIpc) is 2.72. The number of unbranched alkanes of at least 4 members (excludes halogenated alkanes) is 9. The van der Waals surface area contributed by atoms with Gasteiger partial charge in [0.05, 0.1) is 0 Å². The fourth-order valence-electron chi connectivity index (χ4n) is 4.59. The largest absolute Gasteiger partial charge is 0.411 e. The minimum Gasteiger partial charge on any atom is -0.411 e. The molecule has 0 amide bonds. The van der Waals surface area contributed by atoms with Gasteiger partial charge in [-0.05, 0) is 0 Å². The number of thiocarbonyl (C=S) groups is 1. The molecule has 0 aromatic heterocycles. The zero-order chi connectivity index (χ0) is 24.1. The van der Waals surface area contributed by atoms with Crippen molar-refractivity contribution in [2.45, 2.75) is 150 Å². The molecule has 0 radical (unpaired) electrons. The second kappa shape index (κ2) is 24.0. The Hall–Kier alpha value is 0.909. The van der Waals surface area contributed by atoms with Crippen molar-refractivity contribution in [3.8, 4) is 0 Å². The van der Waals surface area contributed by atoms with Gasteiger partial charge in [-0.3, -0.25) is 0 Å². The van der Waals surface area contributed by atoms with Crippen LogP contribution in [0.15, 0.2) is 0 Å². The zero-order valence-electron chi connectivity index (χ0n) is 22.6. The van der Waals surface area contributed by atoms with Crippen LogP contribution in [0.25, 0.3) is 0 Å². The Bertz CT molecular complexity index is 347. The topological polar surface area (TPSA) is 3.24 Å². The van der Waals surface area contributed by atoms with E-state index in [0.717, 1.165) is 11.8 Å². The summed E-state index contributed by atoms with van der Waals surface area (Å²) in [6, 6.07) is 0. The molecule has 31 heavy (non-hydrogen) atoms. The molecule has 186 valence electrons. The standard InChI is InChI=1S/3C8H17.C3H7NS2.Sn/c3*1-3-5-7-8-6-4-2;1-4(2)3(5)6;/h3*3H,4-8H2,1-2H3;1-2H3,(H,5,6);/q;;;;+1/p-1. The van der Waals surface area contributed by atoms with Crippen LogP contribution >= 0.6 is 12.2 Å². The summed E-state index contributed by atoms with van der Waals surface area (Å²) in [5.74, 6) is 0. The third-order valence-electron chi connectivity index (χ3n) is 6.54. The first-order valence-corrected chi connectivity index (χ1v) is 19.2. The zero-order valence-corrected chi connectivity index (χ0v) is 27.1. The van der Waals surface area contributed by atoms with Crippen molar-refractivity contribution in [1.82, 2.24) is 4.90 Å². The van der Waals surface area contributed by atoms with Crippen molar-refractivity contribution in [3.05, 3.63) is 0 Å². The molecule has 3 unspecified atom stereocenters. The average molecular weight is 579 g/mol. The normalized spacial score (nSPS) is 13.7. The van der Waals surface area contributed by atoms with E-state index < -0.39 is 19.8 Å². The van der Waals surface area contributed by atoms with Crippen molar-refractivity contribution < 1.29 is 0 Å². The second-order valence-electron chi connectivity index (χ2n) is 9.91. The molecule has 0 rings (SSSR count). The smallest absolute Gasteiger partial charge is 0.00456 e. The van der Waals surface area contributed by atoms with Crippen molar-refractivity contribution in [2.75, 3.05) is 14.1 Å². The second-order valence-corrected chi connectivity index (χ2v) is 22.2. The van der Waals surface area contributed by atoms with Crippen LogP contribution in [0.4, 0.5) is 0 Å². The summed E-state index contributed by atoms with van der Waals surface area (Å²) >= 11 is 7.78. The van der Waals surface area contributed by atoms with Gasteiger partial charge < -0.3 is 29.7 Å². The molecule has 0 aromatic carbocycles. The quantitative estimate of drug-likeness (QED) is 0.0690. The molecule has 0 bridgehead atoms. The molecule has 0 aliphatic heterocycles. The van der Waals surface area contributed by atoms with E-state index in [1.165, 1.54) is 77.0 Å². The molecular weight excluding hydrogens is 521 g/mol. The van der Waals surface area contributed by atoms with Crippen LogP contribution < -0.4 is 0 Å². The molecule has 4 heteroatoms. The maximum atomic E-state index is 4.56. The third kappa shape index (κ3) is 21.2. The Morgan fingerprint density at radius 1 is 0.645 bits per heavy atom. The van der Waals surface area contributed by atoms with E-state index in [9.17, 15) is 0 Å². The fourth-order valence-corrected chi connectivity index (χ4v) is 17.5. The molecule has 0 heterocycles. The van der Waals surface area contributed by atoms with E-state index in [-0.39, 0.29) is 0 Å². The van der Waals surface area contributed by atoms with E-state index in [1.54, 1.807) is 24.2 Å². The van der Waals surface area contributed by atoms with Crippen LogP contribution in [0.1, 0.15) is 138 Å². The summed E-state index contributed by atoms with van der Waals surface area (Å²) in [4.78, 5) is 1.71. The summed E-state index contributed by atoms with van der Waals surface area (Å²) in [7, 11) is 3.66. The van der Waals surface area contributed by atoms with Gasteiger partial charge in [0.2, 0.25) is 0 Å². The maximum Gasteiger partial charge on any atom is 0.00456 e. The van der Waals surface area contributed by atoms with Crippen LogP contribution in [0, 0.1) is 0 Å². The van der Waals surface area contributed by atoms with Gasteiger partial charge in [0, 0.05) is 14.1 Å². The predicted molar refractivity (Wildman–Crippen MR) is 154 cm³/mol. The van der Waals surface area contributed by atoms with Gasteiger partial charge in [-0.15, -0.1) is 0 Å². The first-order chi connectivity index (χ1) is 14.7. The van der Waals surface area contributed by atoms with Gasteiger partial charge >= 0.3 is 169 Å². The van der Waals surface area contributed by atoms with Gasteiger partial charge in [0.1, 0.15) is 0 Å². The monoisotopic (exact) mass is 579 g/mol. The van der Waals surface area contributed by atoms with Crippen LogP contribution in [-0.2, 0) is 12.6 Å². The summed E-state index contributed by atoms with van der Waals surface area (Å²) in [6.45, 7) is 15.0. The predicted octanol–water partition coefficient (Wildman–Crippen LogP) is 9.94. The molecule has 3 atom stereocenters. The van der Waals surface area contributed by atoms with Gasteiger partial charge in [0.25, 0.3) is 0 Å². The number of hydrogen-bond donors (Lipinski definition) is 0.